The van der Waals surface area contributed by atoms with Crippen molar-refractivity contribution in [2.45, 2.75) is 64.6 Å². The fraction of sp³-hybridized carbons (Fsp3) is 0.778. The summed E-state index contributed by atoms with van der Waals surface area (Å²) in [6.45, 7) is 8.10. The van der Waals surface area contributed by atoms with E-state index in [9.17, 15) is 14.7 Å². The number of esters is 2. The van der Waals surface area contributed by atoms with Crippen molar-refractivity contribution in [3.05, 3.63) is 11.1 Å². The van der Waals surface area contributed by atoms with Crippen LogP contribution in [0, 0.1) is 22.7 Å². The molecule has 5 aliphatic rings. The van der Waals surface area contributed by atoms with E-state index in [1.165, 1.54) is 0 Å². The Hall–Kier alpha value is -1.40. The van der Waals surface area contributed by atoms with Gasteiger partial charge in [0, 0.05) is 23.5 Å². The van der Waals surface area contributed by atoms with Crippen LogP contribution in [0.3, 0.4) is 0 Å². The van der Waals surface area contributed by atoms with Gasteiger partial charge in [0.1, 0.15) is 12.2 Å². The molecule has 130 valence electrons. The summed E-state index contributed by atoms with van der Waals surface area (Å²) in [7, 11) is 0. The van der Waals surface area contributed by atoms with E-state index < -0.39 is 35.3 Å². The zero-order valence-electron chi connectivity index (χ0n) is 14.3. The Bertz CT molecular complexity index is 718. The third-order valence-electron chi connectivity index (χ3n) is 7.16. The number of rotatable bonds is 0. The van der Waals surface area contributed by atoms with Gasteiger partial charge in [-0.15, -0.1) is 0 Å². The van der Waals surface area contributed by atoms with Crippen molar-refractivity contribution in [1.29, 1.82) is 0 Å². The van der Waals surface area contributed by atoms with Crippen LogP contribution in [0.2, 0.25) is 0 Å². The van der Waals surface area contributed by atoms with Crippen molar-refractivity contribution in [2.24, 2.45) is 22.7 Å². The highest BCUT2D eigenvalue weighted by molar-refractivity contribution is 5.99. The molecule has 0 radical (unpaired) electrons. The summed E-state index contributed by atoms with van der Waals surface area (Å²) in [6, 6.07) is 0. The SMILES string of the molecule is CC1=C2C(C[C@@]34[C@@H]5[C@H](C(C)(C)C)C[C@H]3OC(=O)[C@]24O[C@@H]5O)OC1=O. The highest BCUT2D eigenvalue weighted by Crippen LogP contribution is 2.76. The Labute approximate surface area is 140 Å². The minimum absolute atomic E-state index is 0.0472. The lowest BCUT2D eigenvalue weighted by Gasteiger charge is -2.36. The highest BCUT2D eigenvalue weighted by Gasteiger charge is 2.87. The van der Waals surface area contributed by atoms with Crippen LogP contribution in [0.4, 0.5) is 0 Å². The first-order valence-electron chi connectivity index (χ1n) is 8.64. The first-order valence-corrected chi connectivity index (χ1v) is 8.64. The quantitative estimate of drug-likeness (QED) is 0.673. The van der Waals surface area contributed by atoms with E-state index in [4.69, 9.17) is 14.2 Å². The molecule has 0 aromatic heterocycles. The fourth-order valence-corrected chi connectivity index (χ4v) is 6.34. The second kappa shape index (κ2) is 3.88. The molecular weight excluding hydrogens is 312 g/mol. The monoisotopic (exact) mass is 334 g/mol. The molecule has 1 N–H and O–H groups in total. The van der Waals surface area contributed by atoms with Gasteiger partial charge in [0.25, 0.3) is 0 Å². The average Bonchev–Trinajstić information content (AvgIpc) is 3.12. The molecule has 2 saturated heterocycles. The smallest absolute Gasteiger partial charge is 0.344 e. The lowest BCUT2D eigenvalue weighted by Crippen LogP contribution is -2.47. The third kappa shape index (κ3) is 1.25. The Morgan fingerprint density at radius 1 is 1.21 bits per heavy atom. The summed E-state index contributed by atoms with van der Waals surface area (Å²) in [6.07, 6.45) is -0.530. The van der Waals surface area contributed by atoms with Crippen molar-refractivity contribution in [3.63, 3.8) is 0 Å². The molecule has 0 aromatic rings. The predicted octanol–water partition coefficient (Wildman–Crippen LogP) is 1.31. The molecule has 2 aliphatic carbocycles. The van der Waals surface area contributed by atoms with Gasteiger partial charge in [0.05, 0.1) is 5.41 Å². The van der Waals surface area contributed by atoms with E-state index in [0.717, 1.165) is 6.42 Å². The molecule has 5 rings (SSSR count). The molecule has 3 aliphatic heterocycles. The second-order valence-electron chi connectivity index (χ2n) is 8.99. The van der Waals surface area contributed by atoms with E-state index in [-0.39, 0.29) is 23.4 Å². The van der Waals surface area contributed by atoms with Crippen LogP contribution in [0.1, 0.15) is 40.5 Å². The molecule has 6 heteroatoms. The molecule has 6 nitrogen and oxygen atoms in total. The van der Waals surface area contributed by atoms with Gasteiger partial charge < -0.3 is 19.3 Å². The van der Waals surface area contributed by atoms with Gasteiger partial charge in [0.15, 0.2) is 6.29 Å². The van der Waals surface area contributed by atoms with Gasteiger partial charge in [0.2, 0.25) is 5.60 Å². The van der Waals surface area contributed by atoms with Crippen molar-refractivity contribution in [2.75, 3.05) is 0 Å². The molecule has 24 heavy (non-hydrogen) atoms. The van der Waals surface area contributed by atoms with Crippen LogP contribution < -0.4 is 0 Å². The fourth-order valence-electron chi connectivity index (χ4n) is 6.34. The Kier molecular flexibility index (Phi) is 2.41. The second-order valence-corrected chi connectivity index (χ2v) is 8.99. The normalized spacial score (nSPS) is 51.6. The minimum atomic E-state index is -1.34. The molecular formula is C18H22O6. The Morgan fingerprint density at radius 2 is 1.92 bits per heavy atom. The van der Waals surface area contributed by atoms with Crippen LogP contribution in [0.15, 0.2) is 11.1 Å². The maximum absolute atomic E-state index is 12.9. The molecule has 3 heterocycles. The minimum Gasteiger partial charge on any atom is -0.459 e. The van der Waals surface area contributed by atoms with Crippen molar-refractivity contribution >= 4 is 11.9 Å². The molecule has 1 spiro atoms. The summed E-state index contributed by atoms with van der Waals surface area (Å²) in [5.74, 6) is -0.889. The van der Waals surface area contributed by atoms with Gasteiger partial charge in [-0.3, -0.25) is 0 Å². The number of hydrogen-bond donors (Lipinski definition) is 1. The van der Waals surface area contributed by atoms with Gasteiger partial charge in [-0.05, 0) is 24.7 Å². The maximum Gasteiger partial charge on any atom is 0.344 e. The number of fused-ring (bicyclic) bond motifs is 1. The Morgan fingerprint density at radius 3 is 2.58 bits per heavy atom. The van der Waals surface area contributed by atoms with E-state index in [1.807, 2.05) is 0 Å². The summed E-state index contributed by atoms with van der Waals surface area (Å²) >= 11 is 0. The zero-order chi connectivity index (χ0) is 17.2. The molecule has 7 atom stereocenters. The predicted molar refractivity (Wildman–Crippen MR) is 80.4 cm³/mol. The zero-order valence-corrected chi connectivity index (χ0v) is 14.3. The largest absolute Gasteiger partial charge is 0.459 e. The first kappa shape index (κ1) is 14.9. The number of carbonyl (C=O) groups is 2. The molecule has 2 saturated carbocycles. The van der Waals surface area contributed by atoms with Crippen LogP contribution in [-0.2, 0) is 23.8 Å². The molecule has 4 fully saturated rings. The standard InChI is InChI=1S/C18H22O6/c1-7-11-9(22-13(7)19)6-17-10-5-8(16(2,3)4)12(17)14(20)24-18(11,17)15(21)23-10/h8-10,12,14,20H,5-6H2,1-4H3/t8-,9?,10-,12-,14+,17+,18-/m1/s1. The summed E-state index contributed by atoms with van der Waals surface area (Å²) in [5, 5.41) is 10.8. The van der Waals surface area contributed by atoms with E-state index >= 15 is 0 Å². The summed E-state index contributed by atoms with van der Waals surface area (Å²) < 4.78 is 17.2. The van der Waals surface area contributed by atoms with E-state index in [2.05, 4.69) is 20.8 Å². The number of ether oxygens (including phenoxy) is 3. The highest BCUT2D eigenvalue weighted by atomic mass is 16.7. The van der Waals surface area contributed by atoms with Gasteiger partial charge in [-0.1, -0.05) is 20.8 Å². The van der Waals surface area contributed by atoms with Crippen LogP contribution in [0.25, 0.3) is 0 Å². The van der Waals surface area contributed by atoms with Crippen LogP contribution in [0.5, 0.6) is 0 Å². The lowest BCUT2D eigenvalue weighted by atomic mass is 9.64. The van der Waals surface area contributed by atoms with E-state index in [0.29, 0.717) is 17.6 Å². The van der Waals surface area contributed by atoms with Gasteiger partial charge >= 0.3 is 11.9 Å². The van der Waals surface area contributed by atoms with Crippen LogP contribution >= 0.6 is 0 Å². The van der Waals surface area contributed by atoms with E-state index in [1.54, 1.807) is 6.92 Å². The Balaban J connectivity index is 1.76. The lowest BCUT2D eigenvalue weighted by molar-refractivity contribution is -0.177. The molecule has 0 aromatic carbocycles. The molecule has 0 bridgehead atoms. The molecule has 0 amide bonds. The summed E-state index contributed by atoms with van der Waals surface area (Å²) in [5.41, 5.74) is -0.988. The number of aliphatic hydroxyl groups is 1. The number of aliphatic hydroxyl groups excluding tert-OH is 1. The van der Waals surface area contributed by atoms with Crippen molar-refractivity contribution in [3.8, 4) is 0 Å². The van der Waals surface area contributed by atoms with Crippen molar-refractivity contribution < 1.29 is 28.9 Å². The van der Waals surface area contributed by atoms with Crippen molar-refractivity contribution in [1.82, 2.24) is 0 Å². The van der Waals surface area contributed by atoms with Crippen LogP contribution in [-0.4, -0.2) is 41.1 Å². The average molecular weight is 334 g/mol. The topological polar surface area (TPSA) is 82.1 Å². The van der Waals surface area contributed by atoms with Gasteiger partial charge in [-0.2, -0.15) is 0 Å². The third-order valence-corrected chi connectivity index (χ3v) is 7.16. The maximum atomic E-state index is 12.9. The number of hydrogen-bond acceptors (Lipinski definition) is 6. The first-order chi connectivity index (χ1) is 11.1. The molecule has 1 unspecified atom stereocenters. The van der Waals surface area contributed by atoms with Gasteiger partial charge in [-0.25, -0.2) is 9.59 Å². The summed E-state index contributed by atoms with van der Waals surface area (Å²) in [4.78, 5) is 24.9. The number of carbonyl (C=O) groups excluding carboxylic acids is 2.